The van der Waals surface area contributed by atoms with E-state index in [1.165, 1.54) is 92.8 Å². The van der Waals surface area contributed by atoms with Crippen LogP contribution in [0, 0.1) is 50.4 Å². The number of rotatable bonds is 31. The predicted molar refractivity (Wildman–Crippen MR) is 577 cm³/mol. The number of nitrogens with one attached hydrogen (secondary N) is 4. The van der Waals surface area contributed by atoms with Crippen molar-refractivity contribution in [2.24, 2.45) is 22.7 Å². The van der Waals surface area contributed by atoms with Gasteiger partial charge in [0.1, 0.15) is 23.0 Å². The largest absolute Gasteiger partial charge is 0.496 e. The summed E-state index contributed by atoms with van der Waals surface area (Å²) in [5.74, 6) is 1.89. The van der Waals surface area contributed by atoms with Crippen molar-refractivity contribution < 1.29 is 71.7 Å². The number of likely N-dealkylation sites (tertiary alicyclic amines) is 4. The third kappa shape index (κ3) is 27.4. The number of thiazole rings is 4. The van der Waals surface area contributed by atoms with E-state index in [1.54, 1.807) is 104 Å². The van der Waals surface area contributed by atoms with Gasteiger partial charge < -0.3 is 79.0 Å². The smallest absolute Gasteiger partial charge is 0.257 e. The van der Waals surface area contributed by atoms with Gasteiger partial charge in [0.2, 0.25) is 35.4 Å². The molecule has 8 aliphatic rings. The number of aromatic nitrogens is 4. The summed E-state index contributed by atoms with van der Waals surface area (Å²) in [6.45, 7) is 40.6. The summed E-state index contributed by atoms with van der Waals surface area (Å²) in [6, 6.07) is 22.4. The van der Waals surface area contributed by atoms with Crippen molar-refractivity contribution in [3.63, 3.8) is 0 Å². The van der Waals surface area contributed by atoms with Crippen LogP contribution >= 0.6 is 92.4 Å². The van der Waals surface area contributed by atoms with Crippen LogP contribution in [0.25, 0.3) is 0 Å². The molecule has 9 aromatic rings. The molecule has 6 aliphatic heterocycles. The number of anilines is 4. The van der Waals surface area contributed by atoms with Crippen LogP contribution in [-0.2, 0) is 35.3 Å². The Morgan fingerprint density at radius 3 is 1.16 bits per heavy atom. The SMILES string of the molecule is C=CC(=C)N1CC2(CCN(C(=O)c3cc(Sc4cnc(NC(=O)C5CC5)s4)c(C)cc3OC)C2)C1.C=CC(=O)N1CCCN(C(=O)c2cc(Sc3cnc(NC(=O)CC)s3)c(C)cc2OC)C[C@H]1C.C=CC(=O)N1CCCN(C(=O)c2cc(Sc3cnc(NC(=O)c4cccc(CN(C)C)c4)s3)c(C)cc2OC)C[C@H]1C.CCC(=O)N1CCC2(C1)CN(C(=O)c1cc(Sc3cnc(NC(=O)C4CC4)s3)c(C)cc1OC)C2. The molecule has 11 amide bonds. The molecule has 2 saturated carbocycles. The Kier molecular flexibility index (Phi) is 37.1. The van der Waals surface area contributed by atoms with Gasteiger partial charge in [0.15, 0.2) is 20.5 Å². The summed E-state index contributed by atoms with van der Waals surface area (Å²) in [5.41, 5.74) is 8.77. The zero-order valence-corrected chi connectivity index (χ0v) is 91.5. The molecule has 774 valence electrons. The monoisotopic (exact) mass is 2130 g/mol. The molecular formula is C106H127N17O15S8. The zero-order valence-electron chi connectivity index (χ0n) is 85.0. The highest BCUT2D eigenvalue weighted by molar-refractivity contribution is 8.02. The fraction of sp³-hybridized carbons (Fsp3) is 0.425. The molecule has 5 aromatic carbocycles. The summed E-state index contributed by atoms with van der Waals surface area (Å²) in [5, 5.41) is 13.7. The van der Waals surface area contributed by atoms with Gasteiger partial charge in [-0.1, -0.05) is 145 Å². The number of allylic oxidation sites excluding steroid dienone is 1. The summed E-state index contributed by atoms with van der Waals surface area (Å²) in [7, 11) is 10.3. The van der Waals surface area contributed by atoms with Gasteiger partial charge in [0.05, 0.1) is 92.3 Å². The fourth-order valence-electron chi connectivity index (χ4n) is 18.2. The number of hydrogen-bond donors (Lipinski definition) is 4. The molecule has 2 atom stereocenters. The molecule has 4 N–H and O–H groups in total. The van der Waals surface area contributed by atoms with Gasteiger partial charge in [0.25, 0.3) is 29.5 Å². The lowest BCUT2D eigenvalue weighted by Crippen LogP contribution is -2.59. The van der Waals surface area contributed by atoms with Gasteiger partial charge in [-0.15, -0.1) is 0 Å². The van der Waals surface area contributed by atoms with Crippen molar-refractivity contribution in [3.8, 4) is 23.0 Å². The number of ether oxygens (including phenoxy) is 4. The standard InChI is InChI=1S/C31H37N5O4S2.C26H30N4O3S2.C25H30N4O4S2.C24H30N4O4S2/c1-7-27(37)36-13-9-12-35(18-21(36)3)30(39)24-16-26(20(2)14-25(24)40-6)41-28-17-32-31(42-28)33-29(38)23-11-8-10-22(15-23)19-34(4)5;1-5-17(3)30-14-26(15-30)8-9-29(13-26)24(32)19-11-21(16(2)10-20(19)33-4)34-22-12-27-25(35-22)28-23(31)18-6-7-18;1-4-20(30)28-8-7-25(12-28)13-29(14-25)23(32)17-10-19(15(2)9-18(17)33-3)34-21-11-26-24(35-21)27-22(31)16-5-6-16;1-6-20(29)26-24-25-13-22(34-24)33-19-12-17(18(32-5)11-15(19)3)23(31)27-9-8-10-28(16(4)14-27)21(30)7-2/h7-8,10-11,14-17,21H,1,9,12-13,18-19H2,2-6H3,(H,32,33,38);5,10-12,18H,1,3,6-9,13-15H2,2,4H3,(H,27,28,31);9-11,16H,4-8,12-14H2,1-3H3,(H,26,27,31);7,11-13,16H,2,6,8-10,14H2,1,3-5H3,(H,25,26,29)/t21-;;;16-/m1..1/s1. The van der Waals surface area contributed by atoms with Crippen molar-refractivity contribution in [2.75, 3.05) is 155 Å². The molecule has 4 aromatic heterocycles. The van der Waals surface area contributed by atoms with Crippen molar-refractivity contribution in [1.29, 1.82) is 0 Å². The van der Waals surface area contributed by atoms with Gasteiger partial charge in [-0.25, -0.2) is 19.9 Å². The van der Waals surface area contributed by atoms with Gasteiger partial charge in [-0.05, 0) is 214 Å². The number of carbonyl (C=O) groups is 11. The van der Waals surface area contributed by atoms with Crippen LogP contribution < -0.4 is 40.2 Å². The van der Waals surface area contributed by atoms with E-state index >= 15 is 0 Å². The number of carbonyl (C=O) groups excluding carboxylic acids is 11. The lowest BCUT2D eigenvalue weighted by molar-refractivity contribution is -0.131. The highest BCUT2D eigenvalue weighted by Gasteiger charge is 2.52. The summed E-state index contributed by atoms with van der Waals surface area (Å²) in [4.78, 5) is 178. The van der Waals surface area contributed by atoms with Crippen molar-refractivity contribution in [3.05, 3.63) is 203 Å². The van der Waals surface area contributed by atoms with Gasteiger partial charge in [-0.3, -0.25) is 58.1 Å². The highest BCUT2D eigenvalue weighted by Crippen LogP contribution is 2.49. The molecule has 2 aliphatic carbocycles. The third-order valence-electron chi connectivity index (χ3n) is 26.6. The van der Waals surface area contributed by atoms with Crippen molar-refractivity contribution in [1.82, 2.24) is 64.0 Å². The van der Waals surface area contributed by atoms with Crippen LogP contribution in [0.3, 0.4) is 0 Å². The lowest BCUT2D eigenvalue weighted by atomic mass is 9.78. The number of aryl methyl sites for hydroxylation is 4. The van der Waals surface area contributed by atoms with Gasteiger partial charge in [0, 0.05) is 177 Å². The molecule has 0 unspecified atom stereocenters. The molecule has 0 bridgehead atoms. The van der Waals surface area contributed by atoms with Crippen LogP contribution in [0.4, 0.5) is 20.5 Å². The van der Waals surface area contributed by atoms with E-state index < -0.39 is 0 Å². The summed E-state index contributed by atoms with van der Waals surface area (Å²) in [6.07, 6.45) is 19.4. The molecule has 0 radical (unpaired) electrons. The quantitative estimate of drug-likeness (QED) is 0.0232. The topological polar surface area (TPSA) is 354 Å². The fourth-order valence-corrected chi connectivity index (χ4v) is 26.0. The molecule has 146 heavy (non-hydrogen) atoms. The molecule has 8 fully saturated rings. The van der Waals surface area contributed by atoms with E-state index in [2.05, 4.69) is 77.3 Å². The van der Waals surface area contributed by atoms with Crippen molar-refractivity contribution in [2.45, 2.75) is 175 Å². The average Bonchev–Trinajstić information content (AvgIpc) is 1.49. The Morgan fingerprint density at radius 2 is 0.801 bits per heavy atom. The van der Waals surface area contributed by atoms with E-state index in [4.69, 9.17) is 18.9 Å². The lowest BCUT2D eigenvalue weighted by Gasteiger charge is -2.49. The number of benzene rings is 5. The summed E-state index contributed by atoms with van der Waals surface area (Å²) < 4.78 is 26.0. The molecule has 40 heteroatoms. The Labute approximate surface area is 886 Å². The number of amides is 11. The molecule has 32 nitrogen and oxygen atoms in total. The Morgan fingerprint density at radius 1 is 0.445 bits per heavy atom. The third-order valence-corrected chi connectivity index (χ3v) is 35.2. The number of hydrogen-bond acceptors (Lipinski definition) is 29. The normalized spacial score (nSPS) is 17.0. The maximum absolute atomic E-state index is 13.7. The van der Waals surface area contributed by atoms with Crippen LogP contribution in [0.1, 0.15) is 172 Å². The van der Waals surface area contributed by atoms with Gasteiger partial charge in [-0.2, -0.15) is 0 Å². The molecule has 17 rings (SSSR count). The van der Waals surface area contributed by atoms with Crippen LogP contribution in [-0.4, -0.2) is 275 Å². The van der Waals surface area contributed by atoms with E-state index in [9.17, 15) is 52.7 Å². The van der Waals surface area contributed by atoms with Gasteiger partial charge >= 0.3 is 0 Å². The minimum absolute atomic E-state index is 0.00302. The first kappa shape index (κ1) is 110. The van der Waals surface area contributed by atoms with Crippen LogP contribution in [0.15, 0.2) is 184 Å². The van der Waals surface area contributed by atoms with Crippen LogP contribution in [0.5, 0.6) is 23.0 Å². The Balaban J connectivity index is 0.000000154. The second-order valence-corrected chi connectivity index (χ2v) is 47.4. The molecular weight excluding hydrogens is 2010 g/mol. The maximum atomic E-state index is 13.7. The van der Waals surface area contributed by atoms with E-state index in [0.717, 1.165) is 154 Å². The number of methoxy groups -OCH3 is 4. The molecule has 10 heterocycles. The second kappa shape index (κ2) is 49.3. The summed E-state index contributed by atoms with van der Waals surface area (Å²) >= 11 is 11.7. The van der Waals surface area contributed by atoms with E-state index in [0.29, 0.717) is 149 Å². The van der Waals surface area contributed by atoms with Crippen LogP contribution in [0.2, 0.25) is 0 Å². The molecule has 6 saturated heterocycles. The average molecular weight is 2140 g/mol. The van der Waals surface area contributed by atoms with Crippen molar-refractivity contribution >= 4 is 178 Å². The van der Waals surface area contributed by atoms with E-state index in [-0.39, 0.29) is 99.7 Å². The number of nitrogens with zero attached hydrogens (tertiary/aromatic N) is 13. The first-order valence-corrected chi connectivity index (χ1v) is 55.1. The maximum Gasteiger partial charge on any atom is 0.257 e. The first-order valence-electron chi connectivity index (χ1n) is 48.6. The zero-order chi connectivity index (χ0) is 105. The Hall–Kier alpha value is -11.9. The minimum Gasteiger partial charge on any atom is -0.496 e. The predicted octanol–water partition coefficient (Wildman–Crippen LogP) is 18.2. The second-order valence-electron chi connectivity index (χ2n) is 37.9. The molecule has 2 spiro atoms. The highest BCUT2D eigenvalue weighted by atomic mass is 32.2. The Bertz CT molecular complexity index is 6430. The van der Waals surface area contributed by atoms with E-state index in [1.807, 2.05) is 144 Å². The first-order chi connectivity index (χ1) is 70.0. The minimum atomic E-state index is -0.213.